The summed E-state index contributed by atoms with van der Waals surface area (Å²) < 4.78 is 0. The first-order valence-electron chi connectivity index (χ1n) is 6.82. The Balaban J connectivity index is 2.73. The number of aliphatic hydroxyl groups is 1. The van der Waals surface area contributed by atoms with Crippen LogP contribution in [0.25, 0.3) is 0 Å². The van der Waals surface area contributed by atoms with Crippen molar-refractivity contribution >= 4 is 0 Å². The zero-order chi connectivity index (χ0) is 12.9. The Labute approximate surface area is 106 Å². The second kappa shape index (κ2) is 6.20. The molecule has 0 bridgehead atoms. The van der Waals surface area contributed by atoms with Gasteiger partial charge in [-0.05, 0) is 29.9 Å². The molecule has 0 aromatic heterocycles. The molecule has 0 heterocycles. The molecule has 1 nitrogen and oxygen atoms in total. The van der Waals surface area contributed by atoms with Gasteiger partial charge in [-0.1, -0.05) is 58.4 Å². The van der Waals surface area contributed by atoms with Crippen molar-refractivity contribution in [2.24, 2.45) is 0 Å². The molecule has 96 valence electrons. The molecule has 0 aliphatic heterocycles. The maximum atomic E-state index is 10.5. The molecule has 1 rings (SSSR count). The van der Waals surface area contributed by atoms with E-state index in [2.05, 4.69) is 52.0 Å². The van der Waals surface area contributed by atoms with Crippen LogP contribution in [0.2, 0.25) is 0 Å². The van der Waals surface area contributed by atoms with E-state index >= 15 is 0 Å². The van der Waals surface area contributed by atoms with E-state index in [9.17, 15) is 5.11 Å². The first-order valence-corrected chi connectivity index (χ1v) is 6.82. The van der Waals surface area contributed by atoms with Crippen LogP contribution < -0.4 is 0 Å². The lowest BCUT2D eigenvalue weighted by Gasteiger charge is -2.26. The highest BCUT2D eigenvalue weighted by Crippen LogP contribution is 2.24. The first kappa shape index (κ1) is 14.2. The van der Waals surface area contributed by atoms with Crippen LogP contribution in [0.1, 0.15) is 64.0 Å². The molecule has 1 atom stereocenters. The smallest absolute Gasteiger partial charge is 0.0685 e. The summed E-state index contributed by atoms with van der Waals surface area (Å²) in [5.74, 6) is 0.574. The molecule has 0 saturated carbocycles. The SMILES string of the molecule is CCCC(O)(CC)Cc1ccc(C(C)C)cc1. The average Bonchev–Trinajstić information content (AvgIpc) is 2.30. The zero-order valence-electron chi connectivity index (χ0n) is 11.7. The van der Waals surface area contributed by atoms with Gasteiger partial charge in [-0.3, -0.25) is 0 Å². The molecule has 0 amide bonds. The minimum Gasteiger partial charge on any atom is -0.390 e. The van der Waals surface area contributed by atoms with Crippen LogP contribution in [-0.2, 0) is 6.42 Å². The van der Waals surface area contributed by atoms with Gasteiger partial charge in [0.25, 0.3) is 0 Å². The minimum atomic E-state index is -0.520. The van der Waals surface area contributed by atoms with Gasteiger partial charge in [0.2, 0.25) is 0 Å². The summed E-state index contributed by atoms with van der Waals surface area (Å²) in [4.78, 5) is 0. The molecule has 0 saturated heterocycles. The summed E-state index contributed by atoms with van der Waals surface area (Å²) in [5, 5.41) is 10.5. The summed E-state index contributed by atoms with van der Waals surface area (Å²) in [6.07, 6.45) is 3.52. The van der Waals surface area contributed by atoms with Crippen LogP contribution in [0.5, 0.6) is 0 Å². The van der Waals surface area contributed by atoms with Crippen LogP contribution in [-0.4, -0.2) is 10.7 Å². The summed E-state index contributed by atoms with van der Waals surface area (Å²) >= 11 is 0. The van der Waals surface area contributed by atoms with E-state index in [-0.39, 0.29) is 0 Å². The third-order valence-corrected chi connectivity index (χ3v) is 3.55. The van der Waals surface area contributed by atoms with Gasteiger partial charge in [-0.15, -0.1) is 0 Å². The summed E-state index contributed by atoms with van der Waals surface area (Å²) in [5.41, 5.74) is 2.09. The highest BCUT2D eigenvalue weighted by Gasteiger charge is 2.23. The number of rotatable bonds is 6. The lowest BCUT2D eigenvalue weighted by Crippen LogP contribution is -2.30. The Morgan fingerprint density at radius 2 is 1.71 bits per heavy atom. The molecule has 0 fully saturated rings. The molecule has 0 aliphatic rings. The van der Waals surface area contributed by atoms with Crippen molar-refractivity contribution in [3.8, 4) is 0 Å². The normalized spacial score (nSPS) is 14.9. The van der Waals surface area contributed by atoms with Crippen molar-refractivity contribution in [3.05, 3.63) is 35.4 Å². The maximum Gasteiger partial charge on any atom is 0.0685 e. The maximum absolute atomic E-state index is 10.5. The molecule has 1 unspecified atom stereocenters. The molecule has 1 aromatic carbocycles. The summed E-state index contributed by atoms with van der Waals surface area (Å²) in [6.45, 7) is 8.60. The fourth-order valence-corrected chi connectivity index (χ4v) is 2.26. The molecular formula is C16H26O. The number of benzene rings is 1. The Hall–Kier alpha value is -0.820. The number of hydrogen-bond donors (Lipinski definition) is 1. The topological polar surface area (TPSA) is 20.2 Å². The van der Waals surface area contributed by atoms with Gasteiger partial charge in [0, 0.05) is 6.42 Å². The molecule has 1 aromatic rings. The van der Waals surface area contributed by atoms with Gasteiger partial charge in [-0.2, -0.15) is 0 Å². The highest BCUT2D eigenvalue weighted by molar-refractivity contribution is 5.25. The predicted molar refractivity (Wildman–Crippen MR) is 74.4 cm³/mol. The van der Waals surface area contributed by atoms with Crippen molar-refractivity contribution in [1.82, 2.24) is 0 Å². The Morgan fingerprint density at radius 1 is 1.12 bits per heavy atom. The van der Waals surface area contributed by atoms with Gasteiger partial charge in [0.05, 0.1) is 5.60 Å². The Kier molecular flexibility index (Phi) is 5.20. The van der Waals surface area contributed by atoms with Gasteiger partial charge in [0.1, 0.15) is 0 Å². The quantitative estimate of drug-likeness (QED) is 0.778. The van der Waals surface area contributed by atoms with Crippen LogP contribution in [0.3, 0.4) is 0 Å². The standard InChI is InChI=1S/C16H26O/c1-5-11-16(17,6-2)12-14-7-9-15(10-8-14)13(3)4/h7-10,13,17H,5-6,11-12H2,1-4H3. The molecular weight excluding hydrogens is 208 g/mol. The zero-order valence-corrected chi connectivity index (χ0v) is 11.7. The molecule has 17 heavy (non-hydrogen) atoms. The van der Waals surface area contributed by atoms with Crippen LogP contribution >= 0.6 is 0 Å². The van der Waals surface area contributed by atoms with E-state index < -0.39 is 5.60 Å². The van der Waals surface area contributed by atoms with E-state index in [0.29, 0.717) is 5.92 Å². The third-order valence-electron chi connectivity index (χ3n) is 3.55. The summed E-state index contributed by atoms with van der Waals surface area (Å²) in [7, 11) is 0. The Morgan fingerprint density at radius 3 is 2.12 bits per heavy atom. The second-order valence-electron chi connectivity index (χ2n) is 5.40. The third kappa shape index (κ3) is 4.16. The largest absolute Gasteiger partial charge is 0.390 e. The molecule has 0 aliphatic carbocycles. The van der Waals surface area contributed by atoms with E-state index in [1.807, 2.05) is 0 Å². The minimum absolute atomic E-state index is 0.520. The number of hydrogen-bond acceptors (Lipinski definition) is 1. The summed E-state index contributed by atoms with van der Waals surface area (Å²) in [6, 6.07) is 8.68. The van der Waals surface area contributed by atoms with E-state index in [0.717, 1.165) is 25.7 Å². The van der Waals surface area contributed by atoms with Crippen LogP contribution in [0, 0.1) is 0 Å². The van der Waals surface area contributed by atoms with Crippen molar-refractivity contribution < 1.29 is 5.11 Å². The highest BCUT2D eigenvalue weighted by atomic mass is 16.3. The van der Waals surface area contributed by atoms with Crippen LogP contribution in [0.15, 0.2) is 24.3 Å². The van der Waals surface area contributed by atoms with E-state index in [1.54, 1.807) is 0 Å². The van der Waals surface area contributed by atoms with E-state index in [1.165, 1.54) is 11.1 Å². The lowest BCUT2D eigenvalue weighted by molar-refractivity contribution is 0.0271. The van der Waals surface area contributed by atoms with Crippen molar-refractivity contribution in [2.45, 2.75) is 64.9 Å². The lowest BCUT2D eigenvalue weighted by atomic mass is 9.87. The van der Waals surface area contributed by atoms with E-state index in [4.69, 9.17) is 0 Å². The van der Waals surface area contributed by atoms with Crippen molar-refractivity contribution in [2.75, 3.05) is 0 Å². The molecule has 1 N–H and O–H groups in total. The van der Waals surface area contributed by atoms with Crippen molar-refractivity contribution in [1.29, 1.82) is 0 Å². The second-order valence-corrected chi connectivity index (χ2v) is 5.40. The van der Waals surface area contributed by atoms with Gasteiger partial charge < -0.3 is 5.11 Å². The predicted octanol–water partition coefficient (Wildman–Crippen LogP) is 4.29. The monoisotopic (exact) mass is 234 g/mol. The average molecular weight is 234 g/mol. The fourth-order valence-electron chi connectivity index (χ4n) is 2.26. The molecule has 1 heteroatoms. The fraction of sp³-hybridized carbons (Fsp3) is 0.625. The Bertz CT molecular complexity index is 326. The van der Waals surface area contributed by atoms with Gasteiger partial charge in [-0.25, -0.2) is 0 Å². The first-order chi connectivity index (χ1) is 8.00. The van der Waals surface area contributed by atoms with Crippen LogP contribution in [0.4, 0.5) is 0 Å². The molecule has 0 radical (unpaired) electrons. The molecule has 0 spiro atoms. The van der Waals surface area contributed by atoms with Gasteiger partial charge >= 0.3 is 0 Å². The van der Waals surface area contributed by atoms with Gasteiger partial charge in [0.15, 0.2) is 0 Å². The van der Waals surface area contributed by atoms with Crippen molar-refractivity contribution in [3.63, 3.8) is 0 Å².